The van der Waals surface area contributed by atoms with Crippen LogP contribution in [0.5, 0.6) is 0 Å². The Kier molecular flexibility index (Phi) is 5.78. The molecule has 23 heavy (non-hydrogen) atoms. The van der Waals surface area contributed by atoms with E-state index in [9.17, 15) is 9.59 Å². The highest BCUT2D eigenvalue weighted by molar-refractivity contribution is 6.44. The first-order chi connectivity index (χ1) is 10.8. The molecule has 3 N–H and O–H groups in total. The highest BCUT2D eigenvalue weighted by atomic mass is 35.5. The highest BCUT2D eigenvalue weighted by Crippen LogP contribution is 2.29. The number of hydrogen-bond donors (Lipinski definition) is 3. The van der Waals surface area contributed by atoms with Crippen LogP contribution in [-0.2, 0) is 4.74 Å². The van der Waals surface area contributed by atoms with Gasteiger partial charge in [0.2, 0.25) is 0 Å². The molecule has 0 saturated carbocycles. The molecule has 0 unspecified atom stereocenters. The molecule has 2 amide bonds. The number of aromatic amines is 1. The van der Waals surface area contributed by atoms with E-state index in [1.54, 1.807) is 6.92 Å². The summed E-state index contributed by atoms with van der Waals surface area (Å²) in [5, 5.41) is 12.4. The van der Waals surface area contributed by atoms with E-state index in [-0.39, 0.29) is 29.2 Å². The summed E-state index contributed by atoms with van der Waals surface area (Å²) in [6.45, 7) is 4.52. The number of ether oxygens (including phenoxy) is 1. The average Bonchev–Trinajstić information content (AvgIpc) is 2.76. The van der Waals surface area contributed by atoms with Crippen LogP contribution in [0.15, 0.2) is 0 Å². The number of H-pyrrole nitrogens is 1. The number of hydrogen-bond acceptors (Lipinski definition) is 3. The molecule has 1 aromatic rings. The van der Waals surface area contributed by atoms with Crippen molar-refractivity contribution in [3.05, 3.63) is 21.4 Å². The Balaban J connectivity index is 2.09. The third kappa shape index (κ3) is 3.91. The topological polar surface area (TPSA) is 94.7 Å². The molecule has 0 aliphatic carbocycles. The Morgan fingerprint density at radius 1 is 1.43 bits per heavy atom. The van der Waals surface area contributed by atoms with Gasteiger partial charge in [-0.1, -0.05) is 23.2 Å². The number of halogens is 2. The summed E-state index contributed by atoms with van der Waals surface area (Å²) in [5.41, 5.74) is 0.814. The molecule has 2 atom stereocenters. The summed E-state index contributed by atoms with van der Waals surface area (Å²) in [5.74, 6) is -0.386. The van der Waals surface area contributed by atoms with Crippen molar-refractivity contribution in [1.82, 2.24) is 15.2 Å². The van der Waals surface area contributed by atoms with E-state index in [1.807, 2.05) is 6.92 Å². The SMILES string of the molecule is CCO[C@H]1CN(C(=O)O)CC[C@H]1NC(=O)c1[nH]c(C)c(Cl)c1Cl. The van der Waals surface area contributed by atoms with Crippen LogP contribution in [-0.4, -0.2) is 58.8 Å². The maximum Gasteiger partial charge on any atom is 0.407 e. The second kappa shape index (κ2) is 7.42. The molecular weight excluding hydrogens is 345 g/mol. The van der Waals surface area contributed by atoms with Gasteiger partial charge < -0.3 is 25.0 Å². The van der Waals surface area contributed by atoms with Gasteiger partial charge in [-0.25, -0.2) is 4.79 Å². The number of rotatable bonds is 4. The van der Waals surface area contributed by atoms with Crippen molar-refractivity contribution >= 4 is 35.2 Å². The minimum Gasteiger partial charge on any atom is -0.465 e. The number of aromatic nitrogens is 1. The summed E-state index contributed by atoms with van der Waals surface area (Å²) in [6, 6.07) is -0.295. The van der Waals surface area contributed by atoms with Gasteiger partial charge in [0.1, 0.15) is 5.69 Å². The smallest absolute Gasteiger partial charge is 0.407 e. The molecule has 0 spiro atoms. The van der Waals surface area contributed by atoms with E-state index < -0.39 is 12.2 Å². The number of nitrogens with zero attached hydrogens (tertiary/aromatic N) is 1. The standard InChI is InChI=1S/C14H19Cl2N3O4/c1-3-23-9-6-19(14(21)22)5-4-8(9)18-13(20)12-11(16)10(15)7(2)17-12/h8-9,17H,3-6H2,1-2H3,(H,18,20)(H,21,22)/t8-,9+/m1/s1. The maximum absolute atomic E-state index is 12.4. The lowest BCUT2D eigenvalue weighted by molar-refractivity contribution is -0.0112. The number of aryl methyl sites for hydroxylation is 1. The van der Waals surface area contributed by atoms with Gasteiger partial charge in [0.15, 0.2) is 0 Å². The molecule has 1 aromatic heterocycles. The largest absolute Gasteiger partial charge is 0.465 e. The normalized spacial score (nSPS) is 21.3. The van der Waals surface area contributed by atoms with Crippen molar-refractivity contribution in [1.29, 1.82) is 0 Å². The monoisotopic (exact) mass is 363 g/mol. The summed E-state index contributed by atoms with van der Waals surface area (Å²) < 4.78 is 5.58. The predicted molar refractivity (Wildman–Crippen MR) is 86.4 cm³/mol. The quantitative estimate of drug-likeness (QED) is 0.765. The van der Waals surface area contributed by atoms with Crippen LogP contribution >= 0.6 is 23.2 Å². The Morgan fingerprint density at radius 2 is 2.13 bits per heavy atom. The van der Waals surface area contributed by atoms with Crippen molar-refractivity contribution < 1.29 is 19.4 Å². The predicted octanol–water partition coefficient (Wildman–Crippen LogP) is 2.52. The zero-order valence-electron chi connectivity index (χ0n) is 12.9. The van der Waals surface area contributed by atoms with Gasteiger partial charge in [-0.3, -0.25) is 4.79 Å². The summed E-state index contributed by atoms with van der Waals surface area (Å²) >= 11 is 12.0. The molecule has 0 bridgehead atoms. The molecule has 2 heterocycles. The molecule has 0 radical (unpaired) electrons. The van der Waals surface area contributed by atoms with Crippen molar-refractivity contribution in [2.45, 2.75) is 32.4 Å². The summed E-state index contributed by atoms with van der Waals surface area (Å²) in [6.07, 6.45) is -0.929. The molecule has 1 fully saturated rings. The number of likely N-dealkylation sites (tertiary alicyclic amines) is 1. The molecule has 128 valence electrons. The van der Waals surface area contributed by atoms with Crippen LogP contribution in [0.4, 0.5) is 4.79 Å². The number of nitrogens with one attached hydrogen (secondary N) is 2. The van der Waals surface area contributed by atoms with Gasteiger partial charge in [-0.15, -0.1) is 0 Å². The first kappa shape index (κ1) is 17.9. The first-order valence-electron chi connectivity index (χ1n) is 7.29. The molecule has 9 heteroatoms. The van der Waals surface area contributed by atoms with Crippen LogP contribution in [0.3, 0.4) is 0 Å². The Hall–Kier alpha value is -1.44. The number of piperidine rings is 1. The van der Waals surface area contributed by atoms with Crippen LogP contribution in [0.1, 0.15) is 29.5 Å². The number of carboxylic acid groups (broad SMARTS) is 1. The number of amides is 2. The highest BCUT2D eigenvalue weighted by Gasteiger charge is 2.33. The van der Waals surface area contributed by atoms with E-state index in [0.29, 0.717) is 30.3 Å². The minimum atomic E-state index is -0.991. The number of carbonyl (C=O) groups is 2. The minimum absolute atomic E-state index is 0.178. The third-order valence-corrected chi connectivity index (χ3v) is 4.76. The molecule has 2 rings (SSSR count). The van der Waals surface area contributed by atoms with Crippen molar-refractivity contribution in [2.24, 2.45) is 0 Å². The fourth-order valence-electron chi connectivity index (χ4n) is 2.61. The molecule has 1 saturated heterocycles. The fourth-order valence-corrected chi connectivity index (χ4v) is 3.02. The fraction of sp³-hybridized carbons (Fsp3) is 0.571. The van der Waals surface area contributed by atoms with Gasteiger partial charge in [0.25, 0.3) is 5.91 Å². The molecular formula is C14H19Cl2N3O4. The second-order valence-corrected chi connectivity index (χ2v) is 6.10. The lowest BCUT2D eigenvalue weighted by Crippen LogP contribution is -2.56. The van der Waals surface area contributed by atoms with Gasteiger partial charge in [-0.05, 0) is 20.3 Å². The van der Waals surface area contributed by atoms with Crippen LogP contribution in [0.25, 0.3) is 0 Å². The molecule has 1 aliphatic heterocycles. The number of carbonyl (C=O) groups excluding carboxylic acids is 1. The van der Waals surface area contributed by atoms with Gasteiger partial charge in [0.05, 0.1) is 28.7 Å². The van der Waals surface area contributed by atoms with E-state index in [1.165, 1.54) is 4.90 Å². The first-order valence-corrected chi connectivity index (χ1v) is 8.04. The lowest BCUT2D eigenvalue weighted by Gasteiger charge is -2.37. The Labute approximate surface area is 143 Å². The Bertz CT molecular complexity index is 605. The van der Waals surface area contributed by atoms with Crippen molar-refractivity contribution in [2.75, 3.05) is 19.7 Å². The van der Waals surface area contributed by atoms with E-state index >= 15 is 0 Å². The van der Waals surface area contributed by atoms with Crippen LogP contribution in [0, 0.1) is 6.92 Å². The second-order valence-electron chi connectivity index (χ2n) is 5.34. The van der Waals surface area contributed by atoms with Crippen LogP contribution in [0.2, 0.25) is 10.0 Å². The average molecular weight is 364 g/mol. The summed E-state index contributed by atoms with van der Waals surface area (Å²) in [4.78, 5) is 27.6. The van der Waals surface area contributed by atoms with Crippen LogP contribution < -0.4 is 5.32 Å². The molecule has 7 nitrogen and oxygen atoms in total. The Morgan fingerprint density at radius 3 is 2.65 bits per heavy atom. The van der Waals surface area contributed by atoms with Crippen molar-refractivity contribution in [3.63, 3.8) is 0 Å². The molecule has 1 aliphatic rings. The van der Waals surface area contributed by atoms with E-state index in [0.717, 1.165) is 0 Å². The zero-order valence-corrected chi connectivity index (χ0v) is 14.4. The third-order valence-electron chi connectivity index (χ3n) is 3.81. The van der Waals surface area contributed by atoms with Gasteiger partial charge in [-0.2, -0.15) is 0 Å². The van der Waals surface area contributed by atoms with E-state index in [2.05, 4.69) is 10.3 Å². The van der Waals surface area contributed by atoms with Gasteiger partial charge in [0, 0.05) is 18.8 Å². The molecule has 0 aromatic carbocycles. The maximum atomic E-state index is 12.4. The van der Waals surface area contributed by atoms with Crippen molar-refractivity contribution in [3.8, 4) is 0 Å². The zero-order chi connectivity index (χ0) is 17.1. The van der Waals surface area contributed by atoms with Gasteiger partial charge >= 0.3 is 6.09 Å². The lowest BCUT2D eigenvalue weighted by atomic mass is 10.0. The van der Waals surface area contributed by atoms with E-state index in [4.69, 9.17) is 33.0 Å². The summed E-state index contributed by atoms with van der Waals surface area (Å²) in [7, 11) is 0.